The highest BCUT2D eigenvalue weighted by Crippen LogP contribution is 2.21. The first kappa shape index (κ1) is 23.5. The normalized spacial score (nSPS) is 12.1. The van der Waals surface area contributed by atoms with Crippen molar-refractivity contribution in [2.24, 2.45) is 0 Å². The fourth-order valence-corrected chi connectivity index (χ4v) is 3.33. The maximum absolute atomic E-state index is 12.4. The largest absolute Gasteiger partial charge is 0.497 e. The van der Waals surface area contributed by atoms with Crippen molar-refractivity contribution in [1.29, 1.82) is 0 Å². The number of amides is 1. The Balaban J connectivity index is 1.82. The molecule has 2 aromatic carbocycles. The third-order valence-corrected chi connectivity index (χ3v) is 5.95. The summed E-state index contributed by atoms with van der Waals surface area (Å²) in [4.78, 5) is 12.4. The van der Waals surface area contributed by atoms with Gasteiger partial charge in [0.15, 0.2) is 6.10 Å². The lowest BCUT2D eigenvalue weighted by Crippen LogP contribution is -2.38. The van der Waals surface area contributed by atoms with Crippen molar-refractivity contribution in [2.75, 3.05) is 31.3 Å². The van der Waals surface area contributed by atoms with Crippen molar-refractivity contribution in [3.05, 3.63) is 54.1 Å². The van der Waals surface area contributed by atoms with Gasteiger partial charge in [0, 0.05) is 13.6 Å². The minimum Gasteiger partial charge on any atom is -0.497 e. The lowest BCUT2D eigenvalue weighted by atomic mass is 10.1. The molecule has 0 aliphatic carbocycles. The molecule has 164 valence electrons. The summed E-state index contributed by atoms with van der Waals surface area (Å²) in [6.45, 7) is 2.44. The van der Waals surface area contributed by atoms with Crippen LogP contribution in [0.2, 0.25) is 0 Å². The molecule has 0 saturated heterocycles. The first-order valence-corrected chi connectivity index (χ1v) is 11.7. The van der Waals surface area contributed by atoms with Gasteiger partial charge in [0.2, 0.25) is 10.0 Å². The van der Waals surface area contributed by atoms with Gasteiger partial charge in [-0.3, -0.25) is 9.10 Å². The average molecular weight is 435 g/mol. The molecule has 1 N–H and O–H groups in total. The van der Waals surface area contributed by atoms with E-state index >= 15 is 0 Å². The first-order chi connectivity index (χ1) is 14.2. The minimum absolute atomic E-state index is 0.162. The molecule has 0 aliphatic rings. The zero-order chi connectivity index (χ0) is 22.1. The number of sulfonamides is 1. The lowest BCUT2D eigenvalue weighted by molar-refractivity contribution is -0.128. The van der Waals surface area contributed by atoms with Crippen LogP contribution in [0.1, 0.15) is 25.3 Å². The third-order valence-electron chi connectivity index (χ3n) is 4.74. The first-order valence-electron chi connectivity index (χ1n) is 9.86. The molecule has 0 spiro atoms. The van der Waals surface area contributed by atoms with Gasteiger partial charge in [-0.2, -0.15) is 0 Å². The summed E-state index contributed by atoms with van der Waals surface area (Å²) in [6, 6.07) is 14.5. The summed E-state index contributed by atoms with van der Waals surface area (Å²) in [5.41, 5.74) is 1.72. The van der Waals surface area contributed by atoms with Gasteiger partial charge in [0.25, 0.3) is 5.91 Å². The number of hydrogen-bond donors (Lipinski definition) is 1. The monoisotopic (exact) mass is 434 g/mol. The number of nitrogens with one attached hydrogen (secondary N) is 1. The summed E-state index contributed by atoms with van der Waals surface area (Å²) in [6.07, 6.45) is 2.74. The van der Waals surface area contributed by atoms with Crippen molar-refractivity contribution >= 4 is 21.6 Å². The zero-order valence-corrected chi connectivity index (χ0v) is 18.7. The number of ether oxygens (including phenoxy) is 2. The average Bonchev–Trinajstić information content (AvgIpc) is 2.74. The Hall–Kier alpha value is -2.74. The Morgan fingerprint density at radius 3 is 2.20 bits per heavy atom. The van der Waals surface area contributed by atoms with E-state index in [1.807, 2.05) is 31.2 Å². The van der Waals surface area contributed by atoms with Crippen LogP contribution in [0, 0.1) is 0 Å². The standard InChI is InChI=1S/C22H30N2O5S/c1-5-21(29-20-14-10-18(11-15-20)24(2)30(4,26)27)22(25)23-16-6-7-17-8-12-19(28-3)13-9-17/h8-15,21H,5-7,16H2,1-4H3,(H,23,25)/t21-/m1/s1. The molecular weight excluding hydrogens is 404 g/mol. The summed E-state index contributed by atoms with van der Waals surface area (Å²) < 4.78 is 35.3. The van der Waals surface area contributed by atoms with E-state index in [4.69, 9.17) is 9.47 Å². The second kappa shape index (κ2) is 10.9. The van der Waals surface area contributed by atoms with Crippen LogP contribution in [0.3, 0.4) is 0 Å². The maximum Gasteiger partial charge on any atom is 0.261 e. The van der Waals surface area contributed by atoms with Crippen LogP contribution in [0.15, 0.2) is 48.5 Å². The van der Waals surface area contributed by atoms with E-state index in [2.05, 4.69) is 5.32 Å². The molecule has 1 atom stereocenters. The number of methoxy groups -OCH3 is 1. The van der Waals surface area contributed by atoms with Crippen molar-refractivity contribution in [2.45, 2.75) is 32.3 Å². The van der Waals surface area contributed by atoms with Crippen LogP contribution in [-0.2, 0) is 21.2 Å². The molecule has 30 heavy (non-hydrogen) atoms. The van der Waals surface area contributed by atoms with Gasteiger partial charge in [0.1, 0.15) is 11.5 Å². The highest BCUT2D eigenvalue weighted by Gasteiger charge is 2.18. The van der Waals surface area contributed by atoms with E-state index in [9.17, 15) is 13.2 Å². The lowest BCUT2D eigenvalue weighted by Gasteiger charge is -2.19. The van der Waals surface area contributed by atoms with Crippen molar-refractivity contribution < 1.29 is 22.7 Å². The van der Waals surface area contributed by atoms with Crippen LogP contribution in [-0.4, -0.2) is 47.4 Å². The van der Waals surface area contributed by atoms with Gasteiger partial charge < -0.3 is 14.8 Å². The molecule has 0 aromatic heterocycles. The number of carbonyl (C=O) groups is 1. The van der Waals surface area contributed by atoms with E-state index in [1.165, 1.54) is 16.9 Å². The fourth-order valence-electron chi connectivity index (χ4n) is 2.82. The van der Waals surface area contributed by atoms with Gasteiger partial charge in [-0.25, -0.2) is 8.42 Å². The highest BCUT2D eigenvalue weighted by molar-refractivity contribution is 7.92. The minimum atomic E-state index is -3.32. The van der Waals surface area contributed by atoms with E-state index in [-0.39, 0.29) is 5.91 Å². The summed E-state index contributed by atoms with van der Waals surface area (Å²) in [5, 5.41) is 2.92. The molecule has 2 aromatic rings. The Morgan fingerprint density at radius 1 is 1.07 bits per heavy atom. The zero-order valence-electron chi connectivity index (χ0n) is 17.9. The van der Waals surface area contributed by atoms with Crippen molar-refractivity contribution in [3.63, 3.8) is 0 Å². The van der Waals surface area contributed by atoms with Crippen LogP contribution in [0.5, 0.6) is 11.5 Å². The van der Waals surface area contributed by atoms with E-state index in [1.54, 1.807) is 31.4 Å². The predicted octanol–water partition coefficient (Wildman–Crippen LogP) is 3.00. The molecule has 0 fully saturated rings. The molecule has 1 amide bonds. The van der Waals surface area contributed by atoms with Gasteiger partial charge in [-0.05, 0) is 61.2 Å². The highest BCUT2D eigenvalue weighted by atomic mass is 32.2. The van der Waals surface area contributed by atoms with Gasteiger partial charge in [-0.15, -0.1) is 0 Å². The smallest absolute Gasteiger partial charge is 0.261 e. The van der Waals surface area contributed by atoms with Crippen molar-refractivity contribution in [3.8, 4) is 11.5 Å². The van der Waals surface area contributed by atoms with Gasteiger partial charge in [0.05, 0.1) is 19.1 Å². The second-order valence-corrected chi connectivity index (χ2v) is 9.00. The van der Waals surface area contributed by atoms with E-state index in [0.717, 1.165) is 24.8 Å². The number of hydrogen-bond acceptors (Lipinski definition) is 5. The molecule has 0 radical (unpaired) electrons. The molecule has 0 aliphatic heterocycles. The SMILES string of the molecule is CC[C@@H](Oc1ccc(N(C)S(C)(=O)=O)cc1)C(=O)NCCCc1ccc(OC)cc1. The molecule has 0 bridgehead atoms. The van der Waals surface area contributed by atoms with Crippen LogP contribution in [0.4, 0.5) is 5.69 Å². The van der Waals surface area contributed by atoms with Crippen LogP contribution >= 0.6 is 0 Å². The number of nitrogens with zero attached hydrogens (tertiary/aromatic N) is 1. The summed E-state index contributed by atoms with van der Waals surface area (Å²) >= 11 is 0. The predicted molar refractivity (Wildman–Crippen MR) is 119 cm³/mol. The molecule has 0 unspecified atom stereocenters. The molecule has 0 saturated carbocycles. The van der Waals surface area contributed by atoms with Crippen LogP contribution < -0.4 is 19.1 Å². The quantitative estimate of drug-likeness (QED) is 0.550. The Bertz CT molecular complexity index is 912. The number of carbonyl (C=O) groups excluding carboxylic acids is 1. The summed E-state index contributed by atoms with van der Waals surface area (Å²) in [7, 11) is -0.201. The maximum atomic E-state index is 12.4. The van der Waals surface area contributed by atoms with E-state index in [0.29, 0.717) is 24.4 Å². The number of benzene rings is 2. The molecule has 0 heterocycles. The molecular formula is C22H30N2O5S. The fraction of sp³-hybridized carbons (Fsp3) is 0.409. The van der Waals surface area contributed by atoms with Gasteiger partial charge >= 0.3 is 0 Å². The molecule has 8 heteroatoms. The van der Waals surface area contributed by atoms with Crippen LogP contribution in [0.25, 0.3) is 0 Å². The topological polar surface area (TPSA) is 84.9 Å². The number of rotatable bonds is 11. The number of aryl methyl sites for hydroxylation is 1. The Kier molecular flexibility index (Phi) is 8.53. The number of anilines is 1. The summed E-state index contributed by atoms with van der Waals surface area (Å²) in [5.74, 6) is 1.18. The Labute approximate surface area is 179 Å². The van der Waals surface area contributed by atoms with E-state index < -0.39 is 16.1 Å². The molecule has 7 nitrogen and oxygen atoms in total. The third kappa shape index (κ3) is 6.95. The molecule has 2 rings (SSSR count). The Morgan fingerprint density at radius 2 is 1.67 bits per heavy atom. The van der Waals surface area contributed by atoms with Gasteiger partial charge in [-0.1, -0.05) is 19.1 Å². The van der Waals surface area contributed by atoms with Crippen molar-refractivity contribution in [1.82, 2.24) is 5.32 Å². The second-order valence-electron chi connectivity index (χ2n) is 6.98.